The SMILES string of the molecule is CCCCCCCCCCOc1ccc(OC[C@@H]2CO2)cc1. The van der Waals surface area contributed by atoms with E-state index in [1.807, 2.05) is 24.3 Å². The fraction of sp³-hybridized carbons (Fsp3) is 0.684. The van der Waals surface area contributed by atoms with Crippen molar-refractivity contribution in [2.45, 2.75) is 64.4 Å². The van der Waals surface area contributed by atoms with Crippen LogP contribution < -0.4 is 9.47 Å². The van der Waals surface area contributed by atoms with Crippen molar-refractivity contribution in [2.24, 2.45) is 0 Å². The van der Waals surface area contributed by atoms with E-state index in [9.17, 15) is 0 Å². The Kier molecular flexibility index (Phi) is 8.18. The van der Waals surface area contributed by atoms with Crippen LogP contribution in [0, 0.1) is 0 Å². The van der Waals surface area contributed by atoms with Crippen LogP contribution >= 0.6 is 0 Å². The Bertz CT molecular complexity index is 384. The molecule has 1 heterocycles. The summed E-state index contributed by atoms with van der Waals surface area (Å²) in [6, 6.07) is 7.89. The zero-order valence-corrected chi connectivity index (χ0v) is 13.9. The summed E-state index contributed by atoms with van der Waals surface area (Å²) in [6.07, 6.45) is 10.9. The molecule has 2 rings (SSSR count). The molecule has 0 bridgehead atoms. The number of unbranched alkanes of at least 4 members (excludes halogenated alkanes) is 7. The minimum absolute atomic E-state index is 0.304. The molecule has 0 amide bonds. The molecule has 1 aromatic rings. The number of hydrogen-bond donors (Lipinski definition) is 0. The summed E-state index contributed by atoms with van der Waals surface area (Å²) >= 11 is 0. The molecule has 0 spiro atoms. The molecule has 0 unspecified atom stereocenters. The summed E-state index contributed by atoms with van der Waals surface area (Å²) in [5.41, 5.74) is 0. The molecule has 0 aromatic heterocycles. The van der Waals surface area contributed by atoms with Gasteiger partial charge in [0.05, 0.1) is 13.2 Å². The average molecular weight is 306 g/mol. The molecule has 1 aliphatic heterocycles. The first kappa shape index (κ1) is 17.1. The Morgan fingerprint density at radius 1 is 0.864 bits per heavy atom. The Morgan fingerprint density at radius 2 is 1.41 bits per heavy atom. The normalized spacial score (nSPS) is 16.5. The van der Waals surface area contributed by atoms with Gasteiger partial charge >= 0.3 is 0 Å². The fourth-order valence-corrected chi connectivity index (χ4v) is 2.41. The second kappa shape index (κ2) is 10.5. The van der Waals surface area contributed by atoms with Crippen molar-refractivity contribution < 1.29 is 14.2 Å². The molecule has 1 aliphatic rings. The Morgan fingerprint density at radius 3 is 2.00 bits per heavy atom. The highest BCUT2D eigenvalue weighted by Gasteiger charge is 2.22. The zero-order chi connectivity index (χ0) is 15.5. The summed E-state index contributed by atoms with van der Waals surface area (Å²) in [4.78, 5) is 0. The lowest BCUT2D eigenvalue weighted by molar-refractivity contribution is 0.262. The van der Waals surface area contributed by atoms with Gasteiger partial charge in [0, 0.05) is 0 Å². The van der Waals surface area contributed by atoms with Gasteiger partial charge in [-0.05, 0) is 30.7 Å². The van der Waals surface area contributed by atoms with E-state index >= 15 is 0 Å². The number of benzene rings is 1. The van der Waals surface area contributed by atoms with E-state index in [0.29, 0.717) is 12.7 Å². The van der Waals surface area contributed by atoms with E-state index in [1.165, 1.54) is 44.9 Å². The van der Waals surface area contributed by atoms with Gasteiger partial charge < -0.3 is 14.2 Å². The summed E-state index contributed by atoms with van der Waals surface area (Å²) in [5.74, 6) is 1.81. The van der Waals surface area contributed by atoms with Crippen LogP contribution in [0.5, 0.6) is 11.5 Å². The maximum absolute atomic E-state index is 5.76. The molecule has 124 valence electrons. The van der Waals surface area contributed by atoms with Crippen molar-refractivity contribution in [3.05, 3.63) is 24.3 Å². The van der Waals surface area contributed by atoms with E-state index in [2.05, 4.69) is 6.92 Å². The first-order chi connectivity index (χ1) is 10.9. The fourth-order valence-electron chi connectivity index (χ4n) is 2.41. The van der Waals surface area contributed by atoms with Gasteiger partial charge in [-0.1, -0.05) is 51.9 Å². The Hall–Kier alpha value is -1.22. The first-order valence-corrected chi connectivity index (χ1v) is 8.85. The monoisotopic (exact) mass is 306 g/mol. The van der Waals surface area contributed by atoms with Gasteiger partial charge in [0.25, 0.3) is 0 Å². The summed E-state index contributed by atoms with van der Waals surface area (Å²) in [5, 5.41) is 0. The van der Waals surface area contributed by atoms with Crippen LogP contribution in [-0.4, -0.2) is 25.9 Å². The van der Waals surface area contributed by atoms with Crippen LogP contribution in [0.4, 0.5) is 0 Å². The third kappa shape index (κ3) is 7.69. The summed E-state index contributed by atoms with van der Waals surface area (Å²) < 4.78 is 16.5. The highest BCUT2D eigenvalue weighted by atomic mass is 16.6. The molecule has 0 saturated carbocycles. The van der Waals surface area contributed by atoms with Crippen LogP contribution in [0.2, 0.25) is 0 Å². The predicted octanol–water partition coefficient (Wildman–Crippen LogP) is 4.98. The van der Waals surface area contributed by atoms with E-state index in [1.54, 1.807) is 0 Å². The molecule has 0 N–H and O–H groups in total. The maximum Gasteiger partial charge on any atom is 0.119 e. The topological polar surface area (TPSA) is 31.0 Å². The van der Waals surface area contributed by atoms with Crippen LogP contribution in [0.15, 0.2) is 24.3 Å². The van der Waals surface area contributed by atoms with Gasteiger partial charge in [-0.25, -0.2) is 0 Å². The quantitative estimate of drug-likeness (QED) is 0.380. The highest BCUT2D eigenvalue weighted by molar-refractivity contribution is 5.31. The van der Waals surface area contributed by atoms with Gasteiger partial charge in [0.1, 0.15) is 24.2 Å². The molecule has 1 atom stereocenters. The van der Waals surface area contributed by atoms with Gasteiger partial charge in [-0.2, -0.15) is 0 Å². The van der Waals surface area contributed by atoms with Gasteiger partial charge in [0.2, 0.25) is 0 Å². The Labute approximate surface area is 135 Å². The van der Waals surface area contributed by atoms with Crippen molar-refractivity contribution in [3.8, 4) is 11.5 Å². The lowest BCUT2D eigenvalue weighted by atomic mass is 10.1. The lowest BCUT2D eigenvalue weighted by Gasteiger charge is -2.08. The molecule has 0 aliphatic carbocycles. The smallest absolute Gasteiger partial charge is 0.119 e. The van der Waals surface area contributed by atoms with Crippen LogP contribution in [-0.2, 0) is 4.74 Å². The highest BCUT2D eigenvalue weighted by Crippen LogP contribution is 2.19. The van der Waals surface area contributed by atoms with Crippen molar-refractivity contribution in [2.75, 3.05) is 19.8 Å². The zero-order valence-electron chi connectivity index (χ0n) is 13.9. The molecule has 3 heteroatoms. The summed E-state index contributed by atoms with van der Waals surface area (Å²) in [7, 11) is 0. The lowest BCUT2D eigenvalue weighted by Crippen LogP contribution is -2.04. The van der Waals surface area contributed by atoms with Crippen LogP contribution in [0.25, 0.3) is 0 Å². The van der Waals surface area contributed by atoms with Crippen molar-refractivity contribution in [3.63, 3.8) is 0 Å². The van der Waals surface area contributed by atoms with E-state index < -0.39 is 0 Å². The summed E-state index contributed by atoms with van der Waals surface area (Å²) in [6.45, 7) is 4.56. The molecule has 1 fully saturated rings. The standard InChI is InChI=1S/C19H30O3/c1-2-3-4-5-6-7-8-9-14-20-17-10-12-18(13-11-17)21-15-19-16-22-19/h10-13,19H,2-9,14-16H2,1H3/t19-/m1/s1. The van der Waals surface area contributed by atoms with Crippen LogP contribution in [0.1, 0.15) is 58.3 Å². The van der Waals surface area contributed by atoms with Crippen molar-refractivity contribution >= 4 is 0 Å². The Balaban J connectivity index is 1.46. The van der Waals surface area contributed by atoms with E-state index in [4.69, 9.17) is 14.2 Å². The maximum atomic E-state index is 5.76. The van der Waals surface area contributed by atoms with Gasteiger partial charge in [0.15, 0.2) is 0 Å². The number of hydrogen-bond acceptors (Lipinski definition) is 3. The first-order valence-electron chi connectivity index (χ1n) is 8.85. The molecule has 22 heavy (non-hydrogen) atoms. The van der Waals surface area contributed by atoms with E-state index in [0.717, 1.165) is 31.1 Å². The molecule has 1 saturated heterocycles. The minimum atomic E-state index is 0.304. The van der Waals surface area contributed by atoms with E-state index in [-0.39, 0.29) is 0 Å². The van der Waals surface area contributed by atoms with Crippen molar-refractivity contribution in [1.82, 2.24) is 0 Å². The second-order valence-corrected chi connectivity index (χ2v) is 6.06. The minimum Gasteiger partial charge on any atom is -0.494 e. The third-order valence-corrected chi connectivity index (χ3v) is 3.93. The number of ether oxygens (including phenoxy) is 3. The van der Waals surface area contributed by atoms with Crippen LogP contribution in [0.3, 0.4) is 0 Å². The number of epoxide rings is 1. The molecular formula is C19H30O3. The largest absolute Gasteiger partial charge is 0.494 e. The number of rotatable bonds is 13. The molecule has 3 nitrogen and oxygen atoms in total. The third-order valence-electron chi connectivity index (χ3n) is 3.93. The predicted molar refractivity (Wildman–Crippen MR) is 89.8 cm³/mol. The van der Waals surface area contributed by atoms with Crippen molar-refractivity contribution in [1.29, 1.82) is 0 Å². The van der Waals surface area contributed by atoms with Gasteiger partial charge in [-0.3, -0.25) is 0 Å². The average Bonchev–Trinajstić information content (AvgIpc) is 3.37. The molecule has 0 radical (unpaired) electrons. The molecular weight excluding hydrogens is 276 g/mol. The van der Waals surface area contributed by atoms with Gasteiger partial charge in [-0.15, -0.1) is 0 Å². The molecule has 1 aromatic carbocycles. The second-order valence-electron chi connectivity index (χ2n) is 6.06.